The van der Waals surface area contributed by atoms with E-state index in [9.17, 15) is 4.79 Å². The molecule has 4 aromatic rings. The van der Waals surface area contributed by atoms with Crippen molar-refractivity contribution >= 4 is 35.0 Å². The van der Waals surface area contributed by atoms with Crippen molar-refractivity contribution in [2.45, 2.75) is 10.6 Å². The molecule has 0 aliphatic heterocycles. The smallest absolute Gasteiger partial charge is 0.257 e. The van der Waals surface area contributed by atoms with Gasteiger partial charge in [0.2, 0.25) is 11.8 Å². The van der Waals surface area contributed by atoms with Crippen LogP contribution in [0.4, 0.5) is 5.69 Å². The molecule has 0 unspecified atom stereocenters. The Morgan fingerprint density at radius 1 is 0.931 bits per heavy atom. The molecular formula is C22H16ClN3O2S. The summed E-state index contributed by atoms with van der Waals surface area (Å²) in [7, 11) is 0. The SMILES string of the molecule is O=C(Nc1ccccc1SCc1nnc(-c2ccccc2)o1)c1ccccc1Cl. The van der Waals surface area contributed by atoms with Crippen LogP contribution in [0.3, 0.4) is 0 Å². The number of amides is 1. The van der Waals surface area contributed by atoms with Crippen molar-refractivity contribution < 1.29 is 9.21 Å². The van der Waals surface area contributed by atoms with Crippen LogP contribution in [0.5, 0.6) is 0 Å². The van der Waals surface area contributed by atoms with Gasteiger partial charge in [-0.3, -0.25) is 4.79 Å². The number of carbonyl (C=O) groups excluding carboxylic acids is 1. The molecule has 3 aromatic carbocycles. The van der Waals surface area contributed by atoms with Gasteiger partial charge >= 0.3 is 0 Å². The van der Waals surface area contributed by atoms with Gasteiger partial charge in [-0.05, 0) is 36.4 Å². The first-order valence-corrected chi connectivity index (χ1v) is 10.2. The fraction of sp³-hybridized carbons (Fsp3) is 0.0455. The quantitative estimate of drug-likeness (QED) is 0.390. The second-order valence-corrected chi connectivity index (χ2v) is 7.51. The average molecular weight is 422 g/mol. The molecule has 0 radical (unpaired) electrons. The first-order chi connectivity index (χ1) is 14.2. The zero-order chi connectivity index (χ0) is 20.1. The van der Waals surface area contributed by atoms with Crippen molar-refractivity contribution in [3.05, 3.63) is 95.3 Å². The van der Waals surface area contributed by atoms with Crippen LogP contribution in [0.2, 0.25) is 5.02 Å². The van der Waals surface area contributed by atoms with Crippen molar-refractivity contribution in [2.75, 3.05) is 5.32 Å². The summed E-state index contributed by atoms with van der Waals surface area (Å²) in [5.41, 5.74) is 2.01. The van der Waals surface area contributed by atoms with E-state index in [1.165, 1.54) is 11.8 Å². The Labute approximate surface area is 177 Å². The first-order valence-electron chi connectivity index (χ1n) is 8.86. The fourth-order valence-electron chi connectivity index (χ4n) is 2.68. The number of carbonyl (C=O) groups is 1. The summed E-state index contributed by atoms with van der Waals surface area (Å²) in [6.07, 6.45) is 0. The summed E-state index contributed by atoms with van der Waals surface area (Å²) in [5, 5.41) is 11.6. The summed E-state index contributed by atoms with van der Waals surface area (Å²) in [6.45, 7) is 0. The average Bonchev–Trinajstić information content (AvgIpc) is 3.23. The zero-order valence-electron chi connectivity index (χ0n) is 15.2. The minimum atomic E-state index is -0.257. The number of rotatable bonds is 6. The zero-order valence-corrected chi connectivity index (χ0v) is 16.8. The van der Waals surface area contributed by atoms with Crippen LogP contribution in [-0.2, 0) is 5.75 Å². The van der Waals surface area contributed by atoms with Crippen molar-refractivity contribution in [1.82, 2.24) is 10.2 Å². The number of halogens is 1. The first kappa shape index (κ1) is 19.2. The Morgan fingerprint density at radius 3 is 2.48 bits per heavy atom. The second-order valence-electron chi connectivity index (χ2n) is 6.09. The van der Waals surface area contributed by atoms with E-state index in [4.69, 9.17) is 16.0 Å². The summed E-state index contributed by atoms with van der Waals surface area (Å²) in [5.74, 6) is 1.23. The topological polar surface area (TPSA) is 68.0 Å². The molecule has 0 fully saturated rings. The molecule has 144 valence electrons. The highest BCUT2D eigenvalue weighted by Gasteiger charge is 2.13. The van der Waals surface area contributed by atoms with Gasteiger partial charge in [0.15, 0.2) is 0 Å². The third-order valence-electron chi connectivity index (χ3n) is 4.09. The second kappa shape index (κ2) is 8.94. The number of nitrogens with one attached hydrogen (secondary N) is 1. The van der Waals surface area contributed by atoms with E-state index in [0.29, 0.717) is 33.8 Å². The number of aromatic nitrogens is 2. The predicted octanol–water partition coefficient (Wildman–Crippen LogP) is 5.93. The normalized spacial score (nSPS) is 10.7. The maximum Gasteiger partial charge on any atom is 0.257 e. The molecule has 0 aliphatic rings. The highest BCUT2D eigenvalue weighted by atomic mass is 35.5. The van der Waals surface area contributed by atoms with Gasteiger partial charge in [-0.1, -0.05) is 54.1 Å². The number of benzene rings is 3. The monoisotopic (exact) mass is 421 g/mol. The Kier molecular flexibility index (Phi) is 5.93. The molecule has 1 amide bonds. The van der Waals surface area contributed by atoms with Gasteiger partial charge in [0.05, 0.1) is 22.0 Å². The molecular weight excluding hydrogens is 406 g/mol. The number of hydrogen-bond donors (Lipinski definition) is 1. The fourth-order valence-corrected chi connectivity index (χ4v) is 3.75. The number of thioether (sulfide) groups is 1. The lowest BCUT2D eigenvalue weighted by molar-refractivity contribution is 0.102. The number of hydrogen-bond acceptors (Lipinski definition) is 5. The van der Waals surface area contributed by atoms with Crippen molar-refractivity contribution in [3.63, 3.8) is 0 Å². The van der Waals surface area contributed by atoms with E-state index in [1.807, 2.05) is 54.6 Å². The molecule has 0 atom stereocenters. The van der Waals surface area contributed by atoms with E-state index in [-0.39, 0.29) is 5.91 Å². The maximum absolute atomic E-state index is 12.6. The molecule has 0 saturated heterocycles. The van der Waals surface area contributed by atoms with Gasteiger partial charge in [0, 0.05) is 10.5 Å². The van der Waals surface area contributed by atoms with Crippen molar-refractivity contribution in [3.8, 4) is 11.5 Å². The van der Waals surface area contributed by atoms with Gasteiger partial charge in [-0.25, -0.2) is 0 Å². The molecule has 0 bridgehead atoms. The Hall–Kier alpha value is -3.09. The molecule has 29 heavy (non-hydrogen) atoms. The number of anilines is 1. The van der Waals surface area contributed by atoms with Crippen LogP contribution in [0.1, 0.15) is 16.2 Å². The van der Waals surface area contributed by atoms with E-state index < -0.39 is 0 Å². The highest BCUT2D eigenvalue weighted by Crippen LogP contribution is 2.31. The van der Waals surface area contributed by atoms with Gasteiger partial charge < -0.3 is 9.73 Å². The third kappa shape index (κ3) is 4.67. The summed E-state index contributed by atoms with van der Waals surface area (Å²) in [6, 6.07) is 24.1. The van der Waals surface area contributed by atoms with Crippen LogP contribution < -0.4 is 5.32 Å². The molecule has 5 nitrogen and oxygen atoms in total. The van der Waals surface area contributed by atoms with Gasteiger partial charge in [0.25, 0.3) is 5.91 Å². The molecule has 1 N–H and O–H groups in total. The number of nitrogens with zero attached hydrogens (tertiary/aromatic N) is 2. The van der Waals surface area contributed by atoms with Crippen LogP contribution in [0.25, 0.3) is 11.5 Å². The Balaban J connectivity index is 1.46. The van der Waals surface area contributed by atoms with Crippen LogP contribution in [0.15, 0.2) is 88.2 Å². The lowest BCUT2D eigenvalue weighted by Gasteiger charge is -2.10. The lowest BCUT2D eigenvalue weighted by atomic mass is 10.2. The van der Waals surface area contributed by atoms with Crippen LogP contribution in [0, 0.1) is 0 Å². The van der Waals surface area contributed by atoms with Gasteiger partial charge in [-0.15, -0.1) is 22.0 Å². The minimum absolute atomic E-state index is 0.257. The maximum atomic E-state index is 12.6. The van der Waals surface area contributed by atoms with E-state index in [1.54, 1.807) is 24.3 Å². The molecule has 0 aliphatic carbocycles. The molecule has 0 saturated carbocycles. The minimum Gasteiger partial charge on any atom is -0.420 e. The van der Waals surface area contributed by atoms with E-state index >= 15 is 0 Å². The van der Waals surface area contributed by atoms with Gasteiger partial charge in [0.1, 0.15) is 0 Å². The Morgan fingerprint density at radius 2 is 1.66 bits per heavy atom. The van der Waals surface area contributed by atoms with Crippen molar-refractivity contribution in [2.24, 2.45) is 0 Å². The van der Waals surface area contributed by atoms with E-state index in [2.05, 4.69) is 15.5 Å². The summed E-state index contributed by atoms with van der Waals surface area (Å²) in [4.78, 5) is 13.5. The van der Waals surface area contributed by atoms with Crippen LogP contribution >= 0.6 is 23.4 Å². The van der Waals surface area contributed by atoms with Crippen LogP contribution in [-0.4, -0.2) is 16.1 Å². The predicted molar refractivity (Wildman–Crippen MR) is 115 cm³/mol. The highest BCUT2D eigenvalue weighted by molar-refractivity contribution is 7.98. The number of para-hydroxylation sites is 1. The molecule has 1 heterocycles. The molecule has 7 heteroatoms. The molecule has 1 aromatic heterocycles. The molecule has 0 spiro atoms. The third-order valence-corrected chi connectivity index (χ3v) is 5.48. The Bertz CT molecular complexity index is 1130. The lowest BCUT2D eigenvalue weighted by Crippen LogP contribution is -2.13. The van der Waals surface area contributed by atoms with Gasteiger partial charge in [-0.2, -0.15) is 0 Å². The van der Waals surface area contributed by atoms with Crippen molar-refractivity contribution in [1.29, 1.82) is 0 Å². The molecule has 4 rings (SSSR count). The largest absolute Gasteiger partial charge is 0.420 e. The standard InChI is InChI=1S/C22H16ClN3O2S/c23-17-11-5-4-10-16(17)21(27)24-18-12-6-7-13-19(18)29-14-20-25-26-22(28-20)15-8-2-1-3-9-15/h1-13H,14H2,(H,24,27). The van der Waals surface area contributed by atoms with E-state index in [0.717, 1.165) is 10.5 Å². The summed E-state index contributed by atoms with van der Waals surface area (Å²) < 4.78 is 5.75. The summed E-state index contributed by atoms with van der Waals surface area (Å²) >= 11 is 7.63.